The number of hydrogen-bond acceptors (Lipinski definition) is 3. The number of rotatable bonds is 1. The van der Waals surface area contributed by atoms with Crippen LogP contribution < -0.4 is 4.74 Å². The average molecular weight is 209 g/mol. The van der Waals surface area contributed by atoms with Crippen LogP contribution in [0.25, 0.3) is 0 Å². The van der Waals surface area contributed by atoms with Crippen LogP contribution in [0.15, 0.2) is 18.2 Å². The molecule has 0 aromatic heterocycles. The molecular formula is C10H11NO4. The van der Waals surface area contributed by atoms with Crippen molar-refractivity contribution in [3.8, 4) is 5.75 Å². The van der Waals surface area contributed by atoms with Gasteiger partial charge in [0.2, 0.25) is 5.69 Å². The van der Waals surface area contributed by atoms with Gasteiger partial charge in [0.15, 0.2) is 5.78 Å². The normalized spacial score (nSPS) is 13.5. The number of benzene rings is 1. The summed E-state index contributed by atoms with van der Waals surface area (Å²) in [6.07, 6.45) is 0.368. The molecule has 1 aliphatic rings. The molecule has 15 heavy (non-hydrogen) atoms. The third-order valence-corrected chi connectivity index (χ3v) is 2.14. The highest BCUT2D eigenvalue weighted by Gasteiger charge is 2.19. The lowest BCUT2D eigenvalue weighted by Crippen LogP contribution is -2.15. The fraction of sp³-hybridized carbons (Fsp3) is 0.200. The van der Waals surface area contributed by atoms with Gasteiger partial charge in [0.05, 0.1) is 12.2 Å². The minimum Gasteiger partial charge on any atom is -0.619 e. The molecule has 5 nitrogen and oxygen atoms in total. The summed E-state index contributed by atoms with van der Waals surface area (Å²) >= 11 is 0. The smallest absolute Gasteiger partial charge is 0.216 e. The van der Waals surface area contributed by atoms with Gasteiger partial charge in [-0.2, -0.15) is 4.74 Å². The predicted molar refractivity (Wildman–Crippen MR) is 54.9 cm³/mol. The quantitative estimate of drug-likeness (QED) is 0.295. The molecule has 0 saturated heterocycles. The van der Waals surface area contributed by atoms with Gasteiger partial charge in [0, 0.05) is 18.6 Å². The van der Waals surface area contributed by atoms with E-state index in [0.29, 0.717) is 34.8 Å². The Morgan fingerprint density at radius 2 is 2.20 bits per heavy atom. The largest absolute Gasteiger partial charge is 0.619 e. The van der Waals surface area contributed by atoms with Crippen LogP contribution in [-0.2, 0) is 0 Å². The Bertz CT molecular complexity index is 414. The SMILES string of the molecule is C=[N+]([O-])c1ccc2c(c1)C(=O)CCO2.O. The molecule has 0 atom stereocenters. The Hall–Kier alpha value is -1.88. The zero-order valence-electron chi connectivity index (χ0n) is 8.03. The van der Waals surface area contributed by atoms with Gasteiger partial charge in [-0.3, -0.25) is 4.79 Å². The standard InChI is InChI=1S/C10H9NO3.H2O/c1-11(13)7-2-3-10-8(6-7)9(12)4-5-14-10;/h2-3,6H,1,4-5H2;1H2. The van der Waals surface area contributed by atoms with Crippen LogP contribution in [0.4, 0.5) is 5.69 Å². The zero-order chi connectivity index (χ0) is 10.1. The van der Waals surface area contributed by atoms with E-state index in [1.54, 1.807) is 12.1 Å². The highest BCUT2D eigenvalue weighted by Crippen LogP contribution is 2.28. The summed E-state index contributed by atoms with van der Waals surface area (Å²) in [6.45, 7) is 3.62. The first-order valence-corrected chi connectivity index (χ1v) is 4.26. The van der Waals surface area contributed by atoms with E-state index in [-0.39, 0.29) is 11.3 Å². The van der Waals surface area contributed by atoms with Gasteiger partial charge in [0.25, 0.3) is 0 Å². The van der Waals surface area contributed by atoms with Crippen molar-refractivity contribution in [2.75, 3.05) is 6.61 Å². The number of fused-ring (bicyclic) bond motifs is 1. The third-order valence-electron chi connectivity index (χ3n) is 2.14. The van der Waals surface area contributed by atoms with Gasteiger partial charge < -0.3 is 15.4 Å². The summed E-state index contributed by atoms with van der Waals surface area (Å²) in [7, 11) is 0. The number of hydrogen-bond donors (Lipinski definition) is 0. The molecule has 0 saturated carbocycles. The molecule has 80 valence electrons. The van der Waals surface area contributed by atoms with E-state index in [1.807, 2.05) is 0 Å². The van der Waals surface area contributed by atoms with E-state index in [9.17, 15) is 10.0 Å². The summed E-state index contributed by atoms with van der Waals surface area (Å²) in [5.74, 6) is 0.557. The molecule has 0 spiro atoms. The molecule has 0 unspecified atom stereocenters. The molecule has 0 bridgehead atoms. The van der Waals surface area contributed by atoms with Gasteiger partial charge in [-0.1, -0.05) is 0 Å². The predicted octanol–water partition coefficient (Wildman–Crippen LogP) is 0.669. The van der Waals surface area contributed by atoms with Crippen LogP contribution in [0.2, 0.25) is 0 Å². The fourth-order valence-electron chi connectivity index (χ4n) is 1.41. The number of carbonyl (C=O) groups is 1. The number of Topliss-reactive ketones (excluding diaryl/α,β-unsaturated/α-hetero) is 1. The van der Waals surface area contributed by atoms with Crippen molar-refractivity contribution in [1.82, 2.24) is 0 Å². The van der Waals surface area contributed by atoms with Crippen molar-refractivity contribution in [3.05, 3.63) is 29.0 Å². The van der Waals surface area contributed by atoms with E-state index >= 15 is 0 Å². The number of carbonyl (C=O) groups excluding carboxylic acids is 1. The van der Waals surface area contributed by atoms with Gasteiger partial charge in [-0.05, 0) is 6.07 Å². The van der Waals surface area contributed by atoms with Crippen LogP contribution in [0.1, 0.15) is 16.8 Å². The van der Waals surface area contributed by atoms with Crippen molar-refractivity contribution in [3.63, 3.8) is 0 Å². The topological polar surface area (TPSA) is 83.9 Å². The molecule has 1 aromatic rings. The molecule has 2 rings (SSSR count). The molecule has 1 aromatic carbocycles. The molecule has 0 fully saturated rings. The van der Waals surface area contributed by atoms with Crippen molar-refractivity contribution >= 4 is 18.2 Å². The van der Waals surface area contributed by atoms with E-state index in [0.717, 1.165) is 0 Å². The maximum absolute atomic E-state index is 11.4. The second-order valence-electron chi connectivity index (χ2n) is 3.08. The van der Waals surface area contributed by atoms with E-state index in [1.165, 1.54) is 6.07 Å². The van der Waals surface area contributed by atoms with Gasteiger partial charge in [0.1, 0.15) is 12.5 Å². The first kappa shape index (κ1) is 11.2. The van der Waals surface area contributed by atoms with Gasteiger partial charge in [-0.15, -0.1) is 0 Å². The summed E-state index contributed by atoms with van der Waals surface area (Å²) in [4.78, 5) is 11.4. The molecule has 5 heteroatoms. The van der Waals surface area contributed by atoms with Gasteiger partial charge >= 0.3 is 0 Å². The summed E-state index contributed by atoms with van der Waals surface area (Å²) in [5, 5.41) is 10.9. The molecule has 0 amide bonds. The Balaban J connectivity index is 0.00000112. The van der Waals surface area contributed by atoms with Crippen molar-refractivity contribution < 1.29 is 19.7 Å². The first-order valence-electron chi connectivity index (χ1n) is 4.26. The third kappa shape index (κ3) is 1.97. The van der Waals surface area contributed by atoms with Crippen LogP contribution in [0.5, 0.6) is 5.75 Å². The summed E-state index contributed by atoms with van der Waals surface area (Å²) in [6, 6.07) is 4.71. The van der Waals surface area contributed by atoms with Crippen LogP contribution in [0, 0.1) is 5.21 Å². The maximum Gasteiger partial charge on any atom is 0.216 e. The highest BCUT2D eigenvalue weighted by molar-refractivity contribution is 6.00. The lowest BCUT2D eigenvalue weighted by atomic mass is 10.0. The molecule has 2 N–H and O–H groups in total. The summed E-state index contributed by atoms with van der Waals surface area (Å²) < 4.78 is 5.74. The van der Waals surface area contributed by atoms with E-state index in [2.05, 4.69) is 6.72 Å². The Morgan fingerprint density at radius 1 is 1.47 bits per heavy atom. The lowest BCUT2D eigenvalue weighted by Gasteiger charge is -2.15. The molecule has 1 heterocycles. The van der Waals surface area contributed by atoms with Crippen LogP contribution >= 0.6 is 0 Å². The molecule has 0 aliphatic carbocycles. The van der Waals surface area contributed by atoms with Crippen molar-refractivity contribution in [2.45, 2.75) is 6.42 Å². The fourth-order valence-corrected chi connectivity index (χ4v) is 1.41. The van der Waals surface area contributed by atoms with Crippen LogP contribution in [-0.4, -0.2) is 29.3 Å². The minimum atomic E-state index is 0. The van der Waals surface area contributed by atoms with Gasteiger partial charge in [-0.25, -0.2) is 0 Å². The molecular weight excluding hydrogens is 198 g/mol. The average Bonchev–Trinajstić information content (AvgIpc) is 2.18. The minimum absolute atomic E-state index is 0. The van der Waals surface area contributed by atoms with E-state index < -0.39 is 0 Å². The van der Waals surface area contributed by atoms with Crippen molar-refractivity contribution in [2.24, 2.45) is 0 Å². The monoisotopic (exact) mass is 209 g/mol. The number of ketones is 1. The number of ether oxygens (including phenoxy) is 1. The lowest BCUT2D eigenvalue weighted by molar-refractivity contribution is -0.349. The zero-order valence-corrected chi connectivity index (χ0v) is 8.03. The maximum atomic E-state index is 11.4. The molecule has 1 aliphatic heterocycles. The Labute approximate surface area is 86.5 Å². The highest BCUT2D eigenvalue weighted by atomic mass is 16.5. The van der Waals surface area contributed by atoms with Crippen LogP contribution in [0.3, 0.4) is 0 Å². The van der Waals surface area contributed by atoms with Crippen molar-refractivity contribution in [1.29, 1.82) is 0 Å². The Morgan fingerprint density at radius 3 is 2.87 bits per heavy atom. The Kier molecular flexibility index (Phi) is 3.06. The second-order valence-corrected chi connectivity index (χ2v) is 3.08. The summed E-state index contributed by atoms with van der Waals surface area (Å²) in [5.41, 5.74) is 0.834. The number of nitrogens with zero attached hydrogens (tertiary/aromatic N) is 1. The first-order chi connectivity index (χ1) is 6.68. The second kappa shape index (κ2) is 4.10. The molecule has 0 radical (unpaired) electrons. The van der Waals surface area contributed by atoms with E-state index in [4.69, 9.17) is 4.74 Å².